The maximum absolute atomic E-state index is 11.3. The van der Waals surface area contributed by atoms with Crippen LogP contribution in [0.15, 0.2) is 30.3 Å². The molecule has 2 N–H and O–H groups in total. The smallest absolute Gasteiger partial charge is 0.315 e. The van der Waals surface area contributed by atoms with Crippen LogP contribution >= 0.6 is 11.6 Å². The Morgan fingerprint density at radius 3 is 2.81 bits per heavy atom. The van der Waals surface area contributed by atoms with Gasteiger partial charge in [0.15, 0.2) is 0 Å². The standard InChI is InChI=1S/C12H15ClN2O/c13-6-7-14-12(16)15-11-8-10(11)9-4-2-1-3-5-9/h1-5,10-11H,6-8H2,(H2,14,15,16). The highest BCUT2D eigenvalue weighted by Gasteiger charge is 2.39. The second-order valence-electron chi connectivity index (χ2n) is 3.95. The third kappa shape index (κ3) is 2.89. The number of urea groups is 1. The second kappa shape index (κ2) is 5.21. The summed E-state index contributed by atoms with van der Waals surface area (Å²) < 4.78 is 0. The molecule has 0 heterocycles. The maximum atomic E-state index is 11.3. The quantitative estimate of drug-likeness (QED) is 0.775. The Hall–Kier alpha value is -1.22. The molecule has 1 aromatic rings. The molecule has 2 atom stereocenters. The van der Waals surface area contributed by atoms with Crippen LogP contribution in [-0.4, -0.2) is 24.5 Å². The summed E-state index contributed by atoms with van der Waals surface area (Å²) in [6.07, 6.45) is 1.03. The first-order valence-corrected chi connectivity index (χ1v) is 6.00. The van der Waals surface area contributed by atoms with Gasteiger partial charge in [0.25, 0.3) is 0 Å². The van der Waals surface area contributed by atoms with Gasteiger partial charge in [0, 0.05) is 24.4 Å². The number of alkyl halides is 1. The lowest BCUT2D eigenvalue weighted by Gasteiger charge is -2.05. The second-order valence-corrected chi connectivity index (χ2v) is 4.33. The van der Waals surface area contributed by atoms with Crippen molar-refractivity contribution >= 4 is 17.6 Å². The van der Waals surface area contributed by atoms with Gasteiger partial charge in [0.05, 0.1) is 0 Å². The van der Waals surface area contributed by atoms with Crippen LogP contribution < -0.4 is 10.6 Å². The number of rotatable bonds is 4. The molecule has 0 aromatic heterocycles. The van der Waals surface area contributed by atoms with E-state index in [0.717, 1.165) is 6.42 Å². The Morgan fingerprint density at radius 1 is 1.38 bits per heavy atom. The lowest BCUT2D eigenvalue weighted by atomic mass is 10.1. The molecule has 1 aliphatic carbocycles. The fourth-order valence-electron chi connectivity index (χ4n) is 1.80. The third-order valence-corrected chi connectivity index (χ3v) is 2.90. The third-order valence-electron chi connectivity index (χ3n) is 2.71. The number of hydrogen-bond acceptors (Lipinski definition) is 1. The van der Waals surface area contributed by atoms with E-state index in [4.69, 9.17) is 11.6 Å². The lowest BCUT2D eigenvalue weighted by molar-refractivity contribution is 0.241. The van der Waals surface area contributed by atoms with Gasteiger partial charge in [-0.1, -0.05) is 30.3 Å². The van der Waals surface area contributed by atoms with Crippen molar-refractivity contribution in [3.8, 4) is 0 Å². The van der Waals surface area contributed by atoms with Gasteiger partial charge in [0.2, 0.25) is 0 Å². The van der Waals surface area contributed by atoms with Crippen LogP contribution in [0, 0.1) is 0 Å². The number of hydrogen-bond donors (Lipinski definition) is 2. The largest absolute Gasteiger partial charge is 0.337 e. The van der Waals surface area contributed by atoms with Crippen molar-refractivity contribution in [3.63, 3.8) is 0 Å². The van der Waals surface area contributed by atoms with Gasteiger partial charge in [0.1, 0.15) is 0 Å². The van der Waals surface area contributed by atoms with Gasteiger partial charge in [-0.25, -0.2) is 4.79 Å². The predicted octanol–water partition coefficient (Wildman–Crippen LogP) is 2.08. The van der Waals surface area contributed by atoms with Crippen molar-refractivity contribution in [2.24, 2.45) is 0 Å². The zero-order chi connectivity index (χ0) is 11.4. The van der Waals surface area contributed by atoms with E-state index in [-0.39, 0.29) is 12.1 Å². The Morgan fingerprint density at radius 2 is 2.12 bits per heavy atom. The fourth-order valence-corrected chi connectivity index (χ4v) is 1.90. The molecule has 2 unspecified atom stereocenters. The molecule has 16 heavy (non-hydrogen) atoms. The van der Waals surface area contributed by atoms with Crippen LogP contribution in [-0.2, 0) is 0 Å². The van der Waals surface area contributed by atoms with Crippen LogP contribution in [0.2, 0.25) is 0 Å². The van der Waals surface area contributed by atoms with E-state index in [9.17, 15) is 4.79 Å². The average molecular weight is 239 g/mol. The monoisotopic (exact) mass is 238 g/mol. The first kappa shape index (κ1) is 11.3. The van der Waals surface area contributed by atoms with Gasteiger partial charge in [-0.15, -0.1) is 11.6 Å². The van der Waals surface area contributed by atoms with Crippen molar-refractivity contribution < 1.29 is 4.79 Å². The Bertz CT molecular complexity index is 355. The van der Waals surface area contributed by atoms with E-state index in [1.54, 1.807) is 0 Å². The number of carbonyl (C=O) groups excluding carboxylic acids is 1. The van der Waals surface area contributed by atoms with E-state index < -0.39 is 0 Å². The van der Waals surface area contributed by atoms with E-state index in [0.29, 0.717) is 18.3 Å². The SMILES string of the molecule is O=C(NCCCl)NC1CC1c1ccccc1. The number of halogens is 1. The topological polar surface area (TPSA) is 41.1 Å². The zero-order valence-corrected chi connectivity index (χ0v) is 9.70. The molecule has 0 spiro atoms. The lowest BCUT2D eigenvalue weighted by Crippen LogP contribution is -2.38. The first-order valence-electron chi connectivity index (χ1n) is 5.46. The van der Waals surface area contributed by atoms with Crippen LogP contribution in [0.3, 0.4) is 0 Å². The molecule has 4 heteroatoms. The summed E-state index contributed by atoms with van der Waals surface area (Å²) in [6.45, 7) is 0.510. The Balaban J connectivity index is 1.77. The molecular formula is C12H15ClN2O. The molecule has 0 radical (unpaired) electrons. The normalized spacial score (nSPS) is 22.6. The molecule has 1 aliphatic rings. The van der Waals surface area contributed by atoms with Crippen molar-refractivity contribution in [1.82, 2.24) is 10.6 Å². The summed E-state index contributed by atoms with van der Waals surface area (Å²) in [5.41, 5.74) is 1.30. The number of benzene rings is 1. The van der Waals surface area contributed by atoms with E-state index >= 15 is 0 Å². The highest BCUT2D eigenvalue weighted by atomic mass is 35.5. The van der Waals surface area contributed by atoms with Crippen molar-refractivity contribution in [3.05, 3.63) is 35.9 Å². The number of amides is 2. The van der Waals surface area contributed by atoms with E-state index in [2.05, 4.69) is 22.8 Å². The van der Waals surface area contributed by atoms with Crippen molar-refractivity contribution in [2.75, 3.05) is 12.4 Å². The van der Waals surface area contributed by atoms with Gasteiger partial charge in [-0.3, -0.25) is 0 Å². The highest BCUT2D eigenvalue weighted by molar-refractivity contribution is 6.18. The van der Waals surface area contributed by atoms with Crippen molar-refractivity contribution in [1.29, 1.82) is 0 Å². The van der Waals surface area contributed by atoms with Crippen LogP contribution in [0.4, 0.5) is 4.79 Å². The number of carbonyl (C=O) groups is 1. The average Bonchev–Trinajstić information content (AvgIpc) is 3.07. The minimum absolute atomic E-state index is 0.121. The number of nitrogens with one attached hydrogen (secondary N) is 2. The molecule has 0 bridgehead atoms. The molecule has 1 fully saturated rings. The van der Waals surface area contributed by atoms with Gasteiger partial charge in [-0.05, 0) is 12.0 Å². The Labute approximate surface area is 100 Å². The molecule has 0 saturated heterocycles. The van der Waals surface area contributed by atoms with Crippen molar-refractivity contribution in [2.45, 2.75) is 18.4 Å². The molecular weight excluding hydrogens is 224 g/mol. The predicted molar refractivity (Wildman–Crippen MR) is 64.8 cm³/mol. The minimum Gasteiger partial charge on any atom is -0.337 e. The summed E-state index contributed by atoms with van der Waals surface area (Å²) in [7, 11) is 0. The summed E-state index contributed by atoms with van der Waals surface area (Å²) in [4.78, 5) is 11.3. The van der Waals surface area contributed by atoms with Crippen LogP contribution in [0.25, 0.3) is 0 Å². The molecule has 86 valence electrons. The molecule has 1 saturated carbocycles. The summed E-state index contributed by atoms with van der Waals surface area (Å²) in [5.74, 6) is 0.920. The van der Waals surface area contributed by atoms with Crippen LogP contribution in [0.5, 0.6) is 0 Å². The van der Waals surface area contributed by atoms with Crippen LogP contribution in [0.1, 0.15) is 17.9 Å². The van der Waals surface area contributed by atoms with Gasteiger partial charge < -0.3 is 10.6 Å². The molecule has 2 rings (SSSR count). The first-order chi connectivity index (χ1) is 7.81. The van der Waals surface area contributed by atoms with Gasteiger partial charge in [-0.2, -0.15) is 0 Å². The molecule has 0 aliphatic heterocycles. The summed E-state index contributed by atoms with van der Waals surface area (Å²) >= 11 is 5.48. The molecule has 3 nitrogen and oxygen atoms in total. The summed E-state index contributed by atoms with van der Waals surface area (Å²) in [6, 6.07) is 10.4. The molecule has 1 aromatic carbocycles. The van der Waals surface area contributed by atoms with Gasteiger partial charge >= 0.3 is 6.03 Å². The van der Waals surface area contributed by atoms with E-state index in [1.165, 1.54) is 5.56 Å². The summed E-state index contributed by atoms with van der Waals surface area (Å²) in [5, 5.41) is 5.62. The highest BCUT2D eigenvalue weighted by Crippen LogP contribution is 2.40. The minimum atomic E-state index is -0.121. The molecule has 2 amide bonds. The Kier molecular flexibility index (Phi) is 3.67. The maximum Gasteiger partial charge on any atom is 0.315 e. The fraction of sp³-hybridized carbons (Fsp3) is 0.417. The van der Waals surface area contributed by atoms with E-state index in [1.807, 2.05) is 18.2 Å². The zero-order valence-electron chi connectivity index (χ0n) is 8.95.